The monoisotopic (exact) mass is 382 g/mol. The molecule has 2 rings (SSSR count). The second-order valence-electron chi connectivity index (χ2n) is 5.04. The van der Waals surface area contributed by atoms with Crippen LogP contribution in [-0.4, -0.2) is 20.6 Å². The third-order valence-electron chi connectivity index (χ3n) is 3.36. The van der Waals surface area contributed by atoms with Crippen LogP contribution in [0.2, 0.25) is 0 Å². The fourth-order valence-electron chi connectivity index (χ4n) is 2.28. The number of H-pyrrole nitrogens is 1. The molecule has 0 atom stereocenters. The number of aromatic carboxylic acids is 1. The second kappa shape index (κ2) is 6.35. The van der Waals surface area contributed by atoms with Crippen molar-refractivity contribution in [3.63, 3.8) is 0 Å². The molecule has 1 aromatic heterocycles. The number of carbonyl (C=O) groups is 1. The van der Waals surface area contributed by atoms with Gasteiger partial charge in [-0.2, -0.15) is 26.3 Å². The maximum absolute atomic E-state index is 13.2. The first-order valence-corrected chi connectivity index (χ1v) is 6.66. The van der Waals surface area contributed by atoms with Gasteiger partial charge in [0.05, 0.1) is 17.7 Å². The number of alkyl halides is 6. The van der Waals surface area contributed by atoms with E-state index >= 15 is 0 Å². The number of carboxylic acid groups (broad SMARTS) is 1. The SMILES string of the molecule is O=C(O)c1c[nH]c(=O)n(Cc2cccc(C(F)(F)F)c2C(F)(F)F)c1=O. The number of nitrogens with zero attached hydrogens (tertiary/aromatic N) is 1. The number of carboxylic acids is 1. The highest BCUT2D eigenvalue weighted by molar-refractivity contribution is 5.86. The molecule has 0 aliphatic rings. The van der Waals surface area contributed by atoms with Gasteiger partial charge in [0.15, 0.2) is 0 Å². The Hall–Kier alpha value is -3.05. The number of hydrogen-bond donors (Lipinski definition) is 2. The van der Waals surface area contributed by atoms with Gasteiger partial charge >= 0.3 is 24.0 Å². The fraction of sp³-hybridized carbons (Fsp3) is 0.214. The second-order valence-corrected chi connectivity index (χ2v) is 5.04. The van der Waals surface area contributed by atoms with Gasteiger partial charge in [0.1, 0.15) is 5.56 Å². The number of nitrogens with one attached hydrogen (secondary N) is 1. The molecule has 0 aliphatic heterocycles. The van der Waals surface area contributed by atoms with Crippen LogP contribution in [0, 0.1) is 0 Å². The Balaban J connectivity index is 2.73. The van der Waals surface area contributed by atoms with Crippen LogP contribution in [0.1, 0.15) is 27.0 Å². The topological polar surface area (TPSA) is 92.2 Å². The summed E-state index contributed by atoms with van der Waals surface area (Å²) in [5.74, 6) is -1.76. The molecule has 12 heteroatoms. The number of rotatable bonds is 3. The Kier molecular flexibility index (Phi) is 4.71. The summed E-state index contributed by atoms with van der Waals surface area (Å²) in [7, 11) is 0. The Morgan fingerprint density at radius 3 is 2.19 bits per heavy atom. The molecule has 0 bridgehead atoms. The van der Waals surface area contributed by atoms with Crippen LogP contribution in [0.5, 0.6) is 0 Å². The molecule has 0 amide bonds. The lowest BCUT2D eigenvalue weighted by molar-refractivity contribution is -0.162. The van der Waals surface area contributed by atoms with Crippen molar-refractivity contribution < 1.29 is 36.2 Å². The normalized spacial score (nSPS) is 12.2. The number of hydrogen-bond acceptors (Lipinski definition) is 3. The lowest BCUT2D eigenvalue weighted by Gasteiger charge is -2.19. The molecule has 2 N–H and O–H groups in total. The molecule has 2 aromatic rings. The summed E-state index contributed by atoms with van der Waals surface area (Å²) in [4.78, 5) is 36.3. The molecule has 0 fully saturated rings. The maximum atomic E-state index is 13.2. The van der Waals surface area contributed by atoms with Gasteiger partial charge in [-0.25, -0.2) is 9.59 Å². The Morgan fingerprint density at radius 2 is 1.69 bits per heavy atom. The molecule has 6 nitrogen and oxygen atoms in total. The van der Waals surface area contributed by atoms with E-state index in [9.17, 15) is 40.7 Å². The number of aromatic amines is 1. The van der Waals surface area contributed by atoms with Crippen LogP contribution in [0.3, 0.4) is 0 Å². The van der Waals surface area contributed by atoms with E-state index in [0.29, 0.717) is 18.3 Å². The zero-order valence-electron chi connectivity index (χ0n) is 12.4. The quantitative estimate of drug-likeness (QED) is 0.797. The summed E-state index contributed by atoms with van der Waals surface area (Å²) >= 11 is 0. The standard InChI is InChI=1S/C14H8F6N2O4/c15-13(16,17)8-3-1-2-6(9(8)14(18,19)20)5-22-10(23)7(11(24)25)4-21-12(22)26/h1-4H,5H2,(H,21,26)(H,24,25). The summed E-state index contributed by atoms with van der Waals surface area (Å²) in [6.45, 7) is -1.20. The molecule has 0 aliphatic carbocycles. The molecule has 0 saturated carbocycles. The van der Waals surface area contributed by atoms with Crippen molar-refractivity contribution in [2.45, 2.75) is 18.9 Å². The molecule has 1 aromatic carbocycles. The van der Waals surface area contributed by atoms with E-state index in [4.69, 9.17) is 5.11 Å². The van der Waals surface area contributed by atoms with E-state index < -0.39 is 58.4 Å². The van der Waals surface area contributed by atoms with Crippen molar-refractivity contribution in [2.24, 2.45) is 0 Å². The molecular formula is C14H8F6N2O4. The molecule has 140 valence electrons. The zero-order valence-corrected chi connectivity index (χ0v) is 12.4. The first-order chi connectivity index (χ1) is 11.8. The summed E-state index contributed by atoms with van der Waals surface area (Å²) in [5.41, 5.74) is -8.73. The maximum Gasteiger partial charge on any atom is 0.417 e. The van der Waals surface area contributed by atoms with Gasteiger partial charge in [-0.15, -0.1) is 0 Å². The highest BCUT2D eigenvalue weighted by atomic mass is 19.4. The third kappa shape index (κ3) is 3.63. The molecule has 0 spiro atoms. The van der Waals surface area contributed by atoms with Crippen molar-refractivity contribution >= 4 is 5.97 Å². The highest BCUT2D eigenvalue weighted by Gasteiger charge is 2.44. The number of halogens is 6. The fourth-order valence-corrected chi connectivity index (χ4v) is 2.28. The average molecular weight is 382 g/mol. The van der Waals surface area contributed by atoms with Crippen LogP contribution in [0.15, 0.2) is 34.0 Å². The number of benzene rings is 1. The third-order valence-corrected chi connectivity index (χ3v) is 3.36. The lowest BCUT2D eigenvalue weighted by atomic mass is 9.99. The Morgan fingerprint density at radius 1 is 1.08 bits per heavy atom. The summed E-state index contributed by atoms with van der Waals surface area (Å²) in [5, 5.41) is 8.82. The van der Waals surface area contributed by atoms with E-state index in [1.165, 1.54) is 0 Å². The smallest absolute Gasteiger partial charge is 0.417 e. The van der Waals surface area contributed by atoms with Crippen LogP contribution < -0.4 is 11.2 Å². The predicted molar refractivity (Wildman–Crippen MR) is 73.8 cm³/mol. The van der Waals surface area contributed by atoms with E-state index in [2.05, 4.69) is 0 Å². The minimum Gasteiger partial charge on any atom is -0.477 e. The van der Waals surface area contributed by atoms with Crippen molar-refractivity contribution in [1.29, 1.82) is 0 Å². The van der Waals surface area contributed by atoms with Crippen molar-refractivity contribution in [2.75, 3.05) is 0 Å². The zero-order chi connectivity index (χ0) is 19.9. The average Bonchev–Trinajstić information content (AvgIpc) is 2.48. The van der Waals surface area contributed by atoms with Crippen LogP contribution in [-0.2, 0) is 18.9 Å². The minimum atomic E-state index is -5.43. The molecule has 26 heavy (non-hydrogen) atoms. The van der Waals surface area contributed by atoms with Gasteiger partial charge in [0.25, 0.3) is 5.56 Å². The predicted octanol–water partition coefficient (Wildman–Crippen LogP) is 2.32. The lowest BCUT2D eigenvalue weighted by Crippen LogP contribution is -2.38. The van der Waals surface area contributed by atoms with E-state index in [0.717, 1.165) is 0 Å². The van der Waals surface area contributed by atoms with Crippen molar-refractivity contribution in [1.82, 2.24) is 9.55 Å². The van der Waals surface area contributed by atoms with E-state index in [1.807, 2.05) is 4.98 Å². The summed E-state index contributed by atoms with van der Waals surface area (Å²) < 4.78 is 78.4. The number of aromatic nitrogens is 2. The van der Waals surface area contributed by atoms with E-state index in [-0.39, 0.29) is 10.6 Å². The van der Waals surface area contributed by atoms with Crippen LogP contribution in [0.25, 0.3) is 0 Å². The van der Waals surface area contributed by atoms with Crippen molar-refractivity contribution in [3.8, 4) is 0 Å². The van der Waals surface area contributed by atoms with Gasteiger partial charge in [-0.3, -0.25) is 9.36 Å². The minimum absolute atomic E-state index is 0.0776. The van der Waals surface area contributed by atoms with Crippen LogP contribution in [0.4, 0.5) is 26.3 Å². The van der Waals surface area contributed by atoms with Gasteiger partial charge in [-0.1, -0.05) is 12.1 Å². The van der Waals surface area contributed by atoms with Gasteiger partial charge in [-0.05, 0) is 11.6 Å². The molecule has 0 saturated heterocycles. The first-order valence-electron chi connectivity index (χ1n) is 6.66. The Bertz CT molecular complexity index is 971. The van der Waals surface area contributed by atoms with Gasteiger partial charge in [0, 0.05) is 6.20 Å². The molecule has 1 heterocycles. The van der Waals surface area contributed by atoms with Gasteiger partial charge < -0.3 is 10.1 Å². The summed E-state index contributed by atoms with van der Waals surface area (Å²) in [6, 6.07) is 1.57. The van der Waals surface area contributed by atoms with E-state index in [1.54, 1.807) is 0 Å². The van der Waals surface area contributed by atoms with Crippen LogP contribution >= 0.6 is 0 Å². The highest BCUT2D eigenvalue weighted by Crippen LogP contribution is 2.42. The molecule has 0 unspecified atom stereocenters. The van der Waals surface area contributed by atoms with Gasteiger partial charge in [0.2, 0.25) is 0 Å². The van der Waals surface area contributed by atoms with Crippen molar-refractivity contribution in [3.05, 3.63) is 67.5 Å². The first kappa shape index (κ1) is 19.3. The molecular weight excluding hydrogens is 374 g/mol. The Labute approximate surface area is 139 Å². The molecule has 0 radical (unpaired) electrons. The largest absolute Gasteiger partial charge is 0.477 e. The summed E-state index contributed by atoms with van der Waals surface area (Å²) in [6.07, 6.45) is -10.2.